The maximum atomic E-state index is 5.52. The fourth-order valence-corrected chi connectivity index (χ4v) is 2.07. The largest absolute Gasteiger partial charge is 0.384 e. The number of pyridine rings is 1. The summed E-state index contributed by atoms with van der Waals surface area (Å²) in [5.74, 6) is 0.569. The number of piperidine rings is 1. The second kappa shape index (κ2) is 5.70. The molecule has 0 bridgehead atoms. The Kier molecular flexibility index (Phi) is 3.99. The molecule has 4 heteroatoms. The van der Waals surface area contributed by atoms with Crippen LogP contribution in [0.2, 0.25) is 0 Å². The van der Waals surface area contributed by atoms with Gasteiger partial charge >= 0.3 is 0 Å². The zero-order valence-corrected chi connectivity index (χ0v) is 9.58. The van der Waals surface area contributed by atoms with Gasteiger partial charge in [0.15, 0.2) is 0 Å². The van der Waals surface area contributed by atoms with Crippen LogP contribution in [0.25, 0.3) is 0 Å². The Morgan fingerprint density at radius 3 is 3.06 bits per heavy atom. The minimum Gasteiger partial charge on any atom is -0.384 e. The summed E-state index contributed by atoms with van der Waals surface area (Å²) in [6.45, 7) is 2.16. The SMILES string of the molecule is Nc1ccc(NCCC2CCCCN2)cn1. The van der Waals surface area contributed by atoms with E-state index in [1.807, 2.05) is 12.1 Å². The molecule has 0 saturated carbocycles. The lowest BCUT2D eigenvalue weighted by Crippen LogP contribution is -2.35. The number of nitrogens with two attached hydrogens (primary N) is 1. The van der Waals surface area contributed by atoms with Crippen molar-refractivity contribution in [2.24, 2.45) is 0 Å². The average molecular weight is 220 g/mol. The van der Waals surface area contributed by atoms with Gasteiger partial charge in [-0.2, -0.15) is 0 Å². The molecule has 1 atom stereocenters. The first-order chi connectivity index (χ1) is 7.84. The summed E-state index contributed by atoms with van der Waals surface area (Å²) in [6, 6.07) is 4.47. The molecule has 88 valence electrons. The molecule has 1 aliphatic heterocycles. The molecule has 2 heterocycles. The fraction of sp³-hybridized carbons (Fsp3) is 0.583. The Labute approximate surface area is 96.6 Å². The number of nitrogens with zero attached hydrogens (tertiary/aromatic N) is 1. The van der Waals surface area contributed by atoms with Gasteiger partial charge in [0.25, 0.3) is 0 Å². The first kappa shape index (κ1) is 11.2. The summed E-state index contributed by atoms with van der Waals surface area (Å²) in [7, 11) is 0. The third-order valence-corrected chi connectivity index (χ3v) is 3.02. The number of nitrogen functional groups attached to an aromatic ring is 1. The van der Waals surface area contributed by atoms with E-state index in [1.54, 1.807) is 6.20 Å². The van der Waals surface area contributed by atoms with Gasteiger partial charge in [-0.3, -0.25) is 0 Å². The molecule has 4 N–H and O–H groups in total. The molecule has 0 aromatic carbocycles. The Morgan fingerprint density at radius 2 is 2.38 bits per heavy atom. The zero-order valence-electron chi connectivity index (χ0n) is 9.58. The molecule has 16 heavy (non-hydrogen) atoms. The Hall–Kier alpha value is -1.29. The summed E-state index contributed by atoms with van der Waals surface area (Å²) in [6.07, 6.45) is 6.95. The van der Waals surface area contributed by atoms with Crippen molar-refractivity contribution in [3.8, 4) is 0 Å². The molecule has 0 aliphatic carbocycles. The minimum atomic E-state index is 0.569. The lowest BCUT2D eigenvalue weighted by atomic mass is 10.0. The Bertz CT molecular complexity index is 303. The van der Waals surface area contributed by atoms with Gasteiger partial charge in [-0.05, 0) is 37.9 Å². The molecule has 1 fully saturated rings. The third kappa shape index (κ3) is 3.38. The number of hydrogen-bond donors (Lipinski definition) is 3. The van der Waals surface area contributed by atoms with Crippen LogP contribution in [0.5, 0.6) is 0 Å². The van der Waals surface area contributed by atoms with E-state index in [0.717, 1.165) is 12.2 Å². The van der Waals surface area contributed by atoms with Crippen molar-refractivity contribution in [2.45, 2.75) is 31.7 Å². The molecule has 0 radical (unpaired) electrons. The number of nitrogens with one attached hydrogen (secondary N) is 2. The molecule has 2 rings (SSSR count). The third-order valence-electron chi connectivity index (χ3n) is 3.02. The van der Waals surface area contributed by atoms with Crippen molar-refractivity contribution >= 4 is 11.5 Å². The lowest BCUT2D eigenvalue weighted by molar-refractivity contribution is 0.389. The summed E-state index contributed by atoms with van der Waals surface area (Å²) in [4.78, 5) is 4.04. The van der Waals surface area contributed by atoms with Gasteiger partial charge in [0.2, 0.25) is 0 Å². The zero-order chi connectivity index (χ0) is 11.2. The van der Waals surface area contributed by atoms with Crippen LogP contribution in [0.15, 0.2) is 18.3 Å². The van der Waals surface area contributed by atoms with Crippen molar-refractivity contribution in [3.05, 3.63) is 18.3 Å². The fourth-order valence-electron chi connectivity index (χ4n) is 2.07. The number of rotatable bonds is 4. The topological polar surface area (TPSA) is 63.0 Å². The smallest absolute Gasteiger partial charge is 0.123 e. The molecule has 1 aromatic heterocycles. The van der Waals surface area contributed by atoms with E-state index in [0.29, 0.717) is 11.9 Å². The minimum absolute atomic E-state index is 0.569. The molecule has 1 saturated heterocycles. The molecular weight excluding hydrogens is 200 g/mol. The van der Waals surface area contributed by atoms with Crippen LogP contribution in [0, 0.1) is 0 Å². The van der Waals surface area contributed by atoms with Crippen LogP contribution < -0.4 is 16.4 Å². The summed E-state index contributed by atoms with van der Waals surface area (Å²) >= 11 is 0. The summed E-state index contributed by atoms with van der Waals surface area (Å²) < 4.78 is 0. The highest BCUT2D eigenvalue weighted by Crippen LogP contribution is 2.11. The van der Waals surface area contributed by atoms with E-state index in [2.05, 4.69) is 15.6 Å². The first-order valence-electron chi connectivity index (χ1n) is 6.03. The Balaban J connectivity index is 1.69. The first-order valence-corrected chi connectivity index (χ1v) is 6.03. The quantitative estimate of drug-likeness (QED) is 0.721. The molecular formula is C12H20N4. The monoisotopic (exact) mass is 220 g/mol. The van der Waals surface area contributed by atoms with E-state index in [-0.39, 0.29) is 0 Å². The number of hydrogen-bond acceptors (Lipinski definition) is 4. The highest BCUT2D eigenvalue weighted by Gasteiger charge is 2.11. The van der Waals surface area contributed by atoms with Crippen LogP contribution in [0.1, 0.15) is 25.7 Å². The maximum absolute atomic E-state index is 5.52. The molecule has 1 aliphatic rings. The highest BCUT2D eigenvalue weighted by atomic mass is 14.9. The van der Waals surface area contributed by atoms with Crippen molar-refractivity contribution in [2.75, 3.05) is 24.1 Å². The predicted octanol–water partition coefficient (Wildman–Crippen LogP) is 1.61. The van der Waals surface area contributed by atoms with E-state index in [9.17, 15) is 0 Å². The van der Waals surface area contributed by atoms with Crippen LogP contribution in [0.4, 0.5) is 11.5 Å². The van der Waals surface area contributed by atoms with E-state index >= 15 is 0 Å². The molecule has 4 nitrogen and oxygen atoms in total. The van der Waals surface area contributed by atoms with E-state index in [1.165, 1.54) is 32.2 Å². The van der Waals surface area contributed by atoms with Crippen LogP contribution >= 0.6 is 0 Å². The second-order valence-corrected chi connectivity index (χ2v) is 4.33. The van der Waals surface area contributed by atoms with Gasteiger partial charge < -0.3 is 16.4 Å². The standard InChI is InChI=1S/C12H20N4/c13-12-5-4-11(9-16-12)15-8-6-10-3-1-2-7-14-10/h4-5,9-10,14-15H,1-3,6-8H2,(H2,13,16). The van der Waals surface area contributed by atoms with Crippen molar-refractivity contribution < 1.29 is 0 Å². The van der Waals surface area contributed by atoms with Gasteiger partial charge in [-0.15, -0.1) is 0 Å². The van der Waals surface area contributed by atoms with Gasteiger partial charge in [0.1, 0.15) is 5.82 Å². The van der Waals surface area contributed by atoms with Gasteiger partial charge in [0.05, 0.1) is 11.9 Å². The highest BCUT2D eigenvalue weighted by molar-refractivity contribution is 5.45. The summed E-state index contributed by atoms with van der Waals surface area (Å²) in [5, 5.41) is 6.90. The number of aromatic nitrogens is 1. The van der Waals surface area contributed by atoms with Gasteiger partial charge in [-0.25, -0.2) is 4.98 Å². The molecule has 0 amide bonds. The second-order valence-electron chi connectivity index (χ2n) is 4.33. The molecule has 1 unspecified atom stereocenters. The van der Waals surface area contributed by atoms with Gasteiger partial charge in [-0.1, -0.05) is 6.42 Å². The average Bonchev–Trinajstić information content (AvgIpc) is 2.33. The van der Waals surface area contributed by atoms with E-state index < -0.39 is 0 Å². The van der Waals surface area contributed by atoms with Gasteiger partial charge in [0, 0.05) is 12.6 Å². The normalized spacial score (nSPS) is 20.6. The summed E-state index contributed by atoms with van der Waals surface area (Å²) in [5.41, 5.74) is 6.57. The number of anilines is 2. The van der Waals surface area contributed by atoms with E-state index in [4.69, 9.17) is 5.73 Å². The predicted molar refractivity (Wildman–Crippen MR) is 67.4 cm³/mol. The Morgan fingerprint density at radius 1 is 1.44 bits per heavy atom. The van der Waals surface area contributed by atoms with Crippen LogP contribution in [0.3, 0.4) is 0 Å². The molecule has 0 spiro atoms. The maximum Gasteiger partial charge on any atom is 0.123 e. The van der Waals surface area contributed by atoms with Crippen LogP contribution in [-0.4, -0.2) is 24.1 Å². The molecule has 1 aromatic rings. The lowest BCUT2D eigenvalue weighted by Gasteiger charge is -2.23. The van der Waals surface area contributed by atoms with Crippen LogP contribution in [-0.2, 0) is 0 Å². The van der Waals surface area contributed by atoms with Crippen molar-refractivity contribution in [1.82, 2.24) is 10.3 Å². The van der Waals surface area contributed by atoms with Crippen molar-refractivity contribution in [1.29, 1.82) is 0 Å². The van der Waals surface area contributed by atoms with Crippen molar-refractivity contribution in [3.63, 3.8) is 0 Å².